The molecule has 0 saturated heterocycles. The van der Waals surface area contributed by atoms with Gasteiger partial charge in [0.05, 0.1) is 0 Å². The predicted octanol–water partition coefficient (Wildman–Crippen LogP) is 0.759. The van der Waals surface area contributed by atoms with Crippen molar-refractivity contribution in [1.29, 1.82) is 0 Å². The highest BCUT2D eigenvalue weighted by molar-refractivity contribution is 5.79. The zero-order valence-electron chi connectivity index (χ0n) is 11.7. The molecule has 0 radical (unpaired) electrons. The molecule has 0 aliphatic rings. The number of hydrogen-bond donors (Lipinski definition) is 2. The van der Waals surface area contributed by atoms with Crippen LogP contribution >= 0.6 is 0 Å². The number of nitrogens with two attached hydrogens (primary N) is 1. The molecule has 0 aliphatic heterocycles. The van der Waals surface area contributed by atoms with Gasteiger partial charge >= 0.3 is 0 Å². The second-order valence-electron chi connectivity index (χ2n) is 4.11. The minimum Gasteiger partial charge on any atom is -0.382 e. The maximum absolute atomic E-state index is 5.50. The fourth-order valence-corrected chi connectivity index (χ4v) is 1.61. The number of hydrogen-bond acceptors (Lipinski definition) is 4. The molecule has 1 aromatic heterocycles. The summed E-state index contributed by atoms with van der Waals surface area (Å²) in [5, 5.41) is 0. The van der Waals surface area contributed by atoms with Gasteiger partial charge in [0, 0.05) is 45.7 Å². The number of aromatic nitrogens is 1. The van der Waals surface area contributed by atoms with E-state index < -0.39 is 0 Å². The molecular formula is C13H23N5O. The van der Waals surface area contributed by atoms with Gasteiger partial charge in [-0.15, -0.1) is 0 Å². The van der Waals surface area contributed by atoms with Gasteiger partial charge in [0.25, 0.3) is 0 Å². The van der Waals surface area contributed by atoms with Crippen molar-refractivity contribution in [3.63, 3.8) is 0 Å². The van der Waals surface area contributed by atoms with Gasteiger partial charge in [-0.3, -0.25) is 15.4 Å². The minimum atomic E-state index is 0.674. The SMILES string of the molecule is CCOCCCN=C(NN)N(C)Cc1ccncc1. The fraction of sp³-hybridized carbons (Fsp3) is 0.538. The van der Waals surface area contributed by atoms with E-state index in [1.165, 1.54) is 0 Å². The highest BCUT2D eigenvalue weighted by atomic mass is 16.5. The number of guanidine groups is 1. The van der Waals surface area contributed by atoms with Crippen molar-refractivity contribution in [3.05, 3.63) is 30.1 Å². The van der Waals surface area contributed by atoms with E-state index in [2.05, 4.69) is 15.4 Å². The topological polar surface area (TPSA) is 75.8 Å². The summed E-state index contributed by atoms with van der Waals surface area (Å²) in [7, 11) is 1.95. The molecule has 1 aromatic rings. The van der Waals surface area contributed by atoms with Gasteiger partial charge in [0.1, 0.15) is 0 Å². The molecule has 0 saturated carbocycles. The van der Waals surface area contributed by atoms with Gasteiger partial charge in [-0.2, -0.15) is 0 Å². The molecule has 19 heavy (non-hydrogen) atoms. The summed E-state index contributed by atoms with van der Waals surface area (Å²) in [5.74, 6) is 6.18. The van der Waals surface area contributed by atoms with Crippen LogP contribution in [0.2, 0.25) is 0 Å². The van der Waals surface area contributed by atoms with Crippen LogP contribution in [0.15, 0.2) is 29.5 Å². The maximum atomic E-state index is 5.50. The van der Waals surface area contributed by atoms with E-state index in [4.69, 9.17) is 10.6 Å². The van der Waals surface area contributed by atoms with E-state index >= 15 is 0 Å². The van der Waals surface area contributed by atoms with E-state index in [1.807, 2.05) is 31.0 Å². The number of nitrogens with zero attached hydrogens (tertiary/aromatic N) is 3. The second kappa shape index (κ2) is 9.29. The van der Waals surface area contributed by atoms with Gasteiger partial charge in [0.2, 0.25) is 5.96 Å². The lowest BCUT2D eigenvalue weighted by Crippen LogP contribution is -2.42. The monoisotopic (exact) mass is 265 g/mol. The van der Waals surface area contributed by atoms with Crippen LogP contribution in [0, 0.1) is 0 Å². The Hall–Kier alpha value is -1.66. The first kappa shape index (κ1) is 15.4. The van der Waals surface area contributed by atoms with E-state index in [0.717, 1.165) is 31.7 Å². The summed E-state index contributed by atoms with van der Waals surface area (Å²) in [6.45, 7) is 4.88. The lowest BCUT2D eigenvalue weighted by atomic mass is 10.2. The van der Waals surface area contributed by atoms with Gasteiger partial charge < -0.3 is 9.64 Å². The summed E-state index contributed by atoms with van der Waals surface area (Å²) in [5.41, 5.74) is 3.79. The van der Waals surface area contributed by atoms with Gasteiger partial charge in [-0.05, 0) is 31.0 Å². The normalized spacial score (nSPS) is 11.4. The Morgan fingerprint density at radius 3 is 2.84 bits per heavy atom. The van der Waals surface area contributed by atoms with Crippen molar-refractivity contribution in [2.75, 3.05) is 26.8 Å². The lowest BCUT2D eigenvalue weighted by Gasteiger charge is -2.20. The molecule has 0 spiro atoms. The third-order valence-corrected chi connectivity index (χ3v) is 2.57. The van der Waals surface area contributed by atoms with Crippen molar-refractivity contribution < 1.29 is 4.74 Å². The average Bonchev–Trinajstić information content (AvgIpc) is 2.44. The molecule has 0 aromatic carbocycles. The molecule has 106 valence electrons. The Balaban J connectivity index is 2.42. The average molecular weight is 265 g/mol. The van der Waals surface area contributed by atoms with Crippen molar-refractivity contribution >= 4 is 5.96 Å². The molecule has 0 unspecified atom stereocenters. The molecule has 6 heteroatoms. The summed E-state index contributed by atoms with van der Waals surface area (Å²) in [4.78, 5) is 10.4. The number of ether oxygens (including phenoxy) is 1. The first-order valence-electron chi connectivity index (χ1n) is 6.46. The Morgan fingerprint density at radius 1 is 1.47 bits per heavy atom. The molecular weight excluding hydrogens is 242 g/mol. The largest absolute Gasteiger partial charge is 0.382 e. The second-order valence-corrected chi connectivity index (χ2v) is 4.11. The fourth-order valence-electron chi connectivity index (χ4n) is 1.61. The highest BCUT2D eigenvalue weighted by Crippen LogP contribution is 2.01. The molecule has 3 N–H and O–H groups in total. The van der Waals surface area contributed by atoms with Crippen LogP contribution < -0.4 is 11.3 Å². The summed E-state index contributed by atoms with van der Waals surface area (Å²) in [6.07, 6.45) is 4.44. The van der Waals surface area contributed by atoms with Crippen molar-refractivity contribution in [3.8, 4) is 0 Å². The predicted molar refractivity (Wildman–Crippen MR) is 76.4 cm³/mol. The Labute approximate surface area is 114 Å². The van der Waals surface area contributed by atoms with Crippen LogP contribution in [0.4, 0.5) is 0 Å². The summed E-state index contributed by atoms with van der Waals surface area (Å²) >= 11 is 0. The van der Waals surface area contributed by atoms with Crippen LogP contribution in [-0.4, -0.2) is 42.6 Å². The number of aliphatic imine (C=N–C) groups is 1. The van der Waals surface area contributed by atoms with Crippen LogP contribution in [0.25, 0.3) is 0 Å². The Bertz CT molecular complexity index is 369. The van der Waals surface area contributed by atoms with Crippen molar-refractivity contribution in [2.24, 2.45) is 10.8 Å². The first-order valence-corrected chi connectivity index (χ1v) is 6.46. The van der Waals surface area contributed by atoms with Crippen LogP contribution in [-0.2, 0) is 11.3 Å². The van der Waals surface area contributed by atoms with Crippen molar-refractivity contribution in [1.82, 2.24) is 15.3 Å². The molecule has 0 amide bonds. The van der Waals surface area contributed by atoms with E-state index in [-0.39, 0.29) is 0 Å². The first-order chi connectivity index (χ1) is 9.27. The molecule has 0 aliphatic carbocycles. The van der Waals surface area contributed by atoms with Crippen LogP contribution in [0.1, 0.15) is 18.9 Å². The Morgan fingerprint density at radius 2 is 2.21 bits per heavy atom. The Kier molecular flexibility index (Phi) is 7.53. The number of nitrogens with one attached hydrogen (secondary N) is 1. The maximum Gasteiger partial charge on any atom is 0.208 e. The van der Waals surface area contributed by atoms with Crippen LogP contribution in [0.5, 0.6) is 0 Å². The molecule has 6 nitrogen and oxygen atoms in total. The van der Waals surface area contributed by atoms with Crippen LogP contribution in [0.3, 0.4) is 0 Å². The van der Waals surface area contributed by atoms with E-state index in [9.17, 15) is 0 Å². The van der Waals surface area contributed by atoms with Gasteiger partial charge in [-0.1, -0.05) is 0 Å². The third kappa shape index (κ3) is 6.17. The zero-order chi connectivity index (χ0) is 13.9. The molecule has 0 atom stereocenters. The molecule has 1 rings (SSSR count). The third-order valence-electron chi connectivity index (χ3n) is 2.57. The van der Waals surface area contributed by atoms with E-state index in [1.54, 1.807) is 12.4 Å². The molecule has 0 bridgehead atoms. The molecule has 0 fully saturated rings. The summed E-state index contributed by atoms with van der Waals surface area (Å²) in [6, 6.07) is 3.94. The summed E-state index contributed by atoms with van der Waals surface area (Å²) < 4.78 is 5.26. The smallest absolute Gasteiger partial charge is 0.208 e. The van der Waals surface area contributed by atoms with Gasteiger partial charge in [0.15, 0.2) is 0 Å². The quantitative estimate of drug-likeness (QED) is 0.250. The molecule has 1 heterocycles. The standard InChI is InChI=1S/C13H23N5O/c1-3-19-10-4-7-16-13(17-14)18(2)11-12-5-8-15-9-6-12/h5-6,8-9H,3-4,7,10-11,14H2,1-2H3,(H,16,17). The lowest BCUT2D eigenvalue weighted by molar-refractivity contribution is 0.146. The minimum absolute atomic E-state index is 0.674. The van der Waals surface area contributed by atoms with Crippen molar-refractivity contribution in [2.45, 2.75) is 19.9 Å². The number of rotatable bonds is 7. The van der Waals surface area contributed by atoms with E-state index in [0.29, 0.717) is 12.5 Å². The number of pyridine rings is 1. The van der Waals surface area contributed by atoms with Gasteiger partial charge in [-0.25, -0.2) is 5.84 Å². The highest BCUT2D eigenvalue weighted by Gasteiger charge is 2.05. The number of hydrazine groups is 1. The zero-order valence-corrected chi connectivity index (χ0v) is 11.7.